The fourth-order valence-electron chi connectivity index (χ4n) is 2.37. The Morgan fingerprint density at radius 3 is 2.73 bits per heavy atom. The van der Waals surface area contributed by atoms with Crippen LogP contribution in [-0.2, 0) is 16.4 Å². The van der Waals surface area contributed by atoms with Crippen LogP contribution in [0.4, 0.5) is 0 Å². The van der Waals surface area contributed by atoms with Crippen LogP contribution in [0.15, 0.2) is 64.0 Å². The zero-order valence-electron chi connectivity index (χ0n) is 14.0. The van der Waals surface area contributed by atoms with Crippen molar-refractivity contribution in [3.63, 3.8) is 0 Å². The zero-order valence-corrected chi connectivity index (χ0v) is 15.5. The maximum absolute atomic E-state index is 12.2. The van der Waals surface area contributed by atoms with Crippen LogP contribution in [0.2, 0.25) is 5.02 Å². The molecule has 8 heteroatoms. The Balaban J connectivity index is 1.63. The molecule has 0 aliphatic heterocycles. The third-order valence-corrected chi connectivity index (χ3v) is 5.39. The Kier molecular flexibility index (Phi) is 5.61. The van der Waals surface area contributed by atoms with Crippen molar-refractivity contribution in [2.45, 2.75) is 11.3 Å². The summed E-state index contributed by atoms with van der Waals surface area (Å²) in [5.74, 6) is 1.31. The van der Waals surface area contributed by atoms with Gasteiger partial charge < -0.3 is 9.26 Å². The number of benzene rings is 2. The second-order valence-electron chi connectivity index (χ2n) is 5.52. The van der Waals surface area contributed by atoms with Gasteiger partial charge in [0.05, 0.1) is 17.7 Å². The number of rotatable bonds is 7. The van der Waals surface area contributed by atoms with Crippen LogP contribution in [0, 0.1) is 0 Å². The van der Waals surface area contributed by atoms with Crippen LogP contribution in [-0.4, -0.2) is 27.2 Å². The average molecular weight is 393 g/mol. The van der Waals surface area contributed by atoms with Crippen molar-refractivity contribution in [3.8, 4) is 17.1 Å². The summed E-state index contributed by atoms with van der Waals surface area (Å²) >= 11 is 5.84. The van der Waals surface area contributed by atoms with E-state index < -0.39 is 10.0 Å². The van der Waals surface area contributed by atoms with Gasteiger partial charge in [0, 0.05) is 29.6 Å². The molecule has 0 radical (unpaired) electrons. The molecule has 0 bridgehead atoms. The molecule has 0 saturated heterocycles. The van der Waals surface area contributed by atoms with Crippen molar-refractivity contribution in [1.29, 1.82) is 0 Å². The van der Waals surface area contributed by atoms with Gasteiger partial charge in [0.25, 0.3) is 0 Å². The molecule has 3 aromatic rings. The number of nitrogens with zero attached hydrogens (tertiary/aromatic N) is 1. The number of nitrogens with one attached hydrogen (secondary N) is 1. The average Bonchev–Trinajstić information content (AvgIpc) is 3.10. The third kappa shape index (κ3) is 4.43. The van der Waals surface area contributed by atoms with Crippen LogP contribution in [0.1, 0.15) is 5.69 Å². The van der Waals surface area contributed by atoms with E-state index in [1.54, 1.807) is 25.3 Å². The summed E-state index contributed by atoms with van der Waals surface area (Å²) in [4.78, 5) is 0.127. The van der Waals surface area contributed by atoms with E-state index in [-0.39, 0.29) is 11.4 Å². The molecule has 136 valence electrons. The summed E-state index contributed by atoms with van der Waals surface area (Å²) in [5, 5.41) is 4.35. The normalized spacial score (nSPS) is 11.5. The van der Waals surface area contributed by atoms with Gasteiger partial charge in [-0.1, -0.05) is 35.0 Å². The second kappa shape index (κ2) is 7.90. The highest BCUT2D eigenvalue weighted by Gasteiger charge is 2.14. The summed E-state index contributed by atoms with van der Waals surface area (Å²) in [5.41, 5.74) is 1.49. The molecule has 0 fully saturated rings. The zero-order chi connectivity index (χ0) is 18.6. The first kappa shape index (κ1) is 18.4. The Morgan fingerprint density at radius 1 is 1.15 bits per heavy atom. The molecule has 0 unspecified atom stereocenters. The summed E-state index contributed by atoms with van der Waals surface area (Å²) in [6, 6.07) is 15.3. The lowest BCUT2D eigenvalue weighted by Crippen LogP contribution is -2.26. The minimum atomic E-state index is -3.62. The highest BCUT2D eigenvalue weighted by molar-refractivity contribution is 7.89. The molecule has 0 amide bonds. The number of halogens is 1. The van der Waals surface area contributed by atoms with E-state index in [0.29, 0.717) is 22.9 Å². The summed E-state index contributed by atoms with van der Waals surface area (Å²) < 4.78 is 37.5. The van der Waals surface area contributed by atoms with Crippen molar-refractivity contribution in [3.05, 3.63) is 65.3 Å². The van der Waals surface area contributed by atoms with Crippen LogP contribution in [0.5, 0.6) is 5.75 Å². The van der Waals surface area contributed by atoms with E-state index in [1.165, 1.54) is 12.1 Å². The molecule has 6 nitrogen and oxygen atoms in total. The molecule has 1 aromatic heterocycles. The van der Waals surface area contributed by atoms with Gasteiger partial charge in [0.15, 0.2) is 5.76 Å². The highest BCUT2D eigenvalue weighted by atomic mass is 35.5. The van der Waals surface area contributed by atoms with Gasteiger partial charge in [-0.2, -0.15) is 0 Å². The van der Waals surface area contributed by atoms with Gasteiger partial charge in [-0.3, -0.25) is 0 Å². The Bertz CT molecular complexity index is 1000. The maximum Gasteiger partial charge on any atom is 0.240 e. The van der Waals surface area contributed by atoms with Crippen LogP contribution >= 0.6 is 11.6 Å². The number of sulfonamides is 1. The highest BCUT2D eigenvalue weighted by Crippen LogP contribution is 2.24. The SMILES string of the molecule is COc1cccc(-c2cc(CCNS(=O)(=O)c3cccc(Cl)c3)no2)c1. The lowest BCUT2D eigenvalue weighted by Gasteiger charge is -2.05. The minimum Gasteiger partial charge on any atom is -0.497 e. The monoisotopic (exact) mass is 392 g/mol. The molecule has 0 atom stereocenters. The largest absolute Gasteiger partial charge is 0.497 e. The molecular weight excluding hydrogens is 376 g/mol. The number of ether oxygens (including phenoxy) is 1. The minimum absolute atomic E-state index is 0.127. The standard InChI is InChI=1S/C18H17ClN2O4S/c1-24-16-6-2-4-13(10-16)18-12-15(21-25-18)8-9-20-26(22,23)17-7-3-5-14(19)11-17/h2-7,10-12,20H,8-9H2,1H3. The van der Waals surface area contributed by atoms with Crippen molar-refractivity contribution in [2.24, 2.45) is 0 Å². The maximum atomic E-state index is 12.2. The quantitative estimate of drug-likeness (QED) is 0.665. The van der Waals surface area contributed by atoms with Crippen molar-refractivity contribution < 1.29 is 17.7 Å². The number of aromatic nitrogens is 1. The fourth-order valence-corrected chi connectivity index (χ4v) is 3.71. The predicted molar refractivity (Wildman–Crippen MR) is 98.8 cm³/mol. The predicted octanol–water partition coefficient (Wildman–Crippen LogP) is 3.52. The lowest BCUT2D eigenvalue weighted by molar-refractivity contribution is 0.412. The molecular formula is C18H17ClN2O4S. The van der Waals surface area contributed by atoms with Crippen LogP contribution in [0.3, 0.4) is 0 Å². The number of methoxy groups -OCH3 is 1. The summed E-state index contributed by atoms with van der Waals surface area (Å²) in [7, 11) is -2.02. The second-order valence-corrected chi connectivity index (χ2v) is 7.72. The van der Waals surface area contributed by atoms with Gasteiger partial charge in [0.1, 0.15) is 5.75 Å². The Labute approximate surface area is 156 Å². The van der Waals surface area contributed by atoms with Gasteiger partial charge in [0.2, 0.25) is 10.0 Å². The first-order chi connectivity index (χ1) is 12.5. The Morgan fingerprint density at radius 2 is 1.96 bits per heavy atom. The topological polar surface area (TPSA) is 81.4 Å². The van der Waals surface area contributed by atoms with Crippen LogP contribution < -0.4 is 9.46 Å². The molecule has 0 spiro atoms. The molecule has 1 N–H and O–H groups in total. The van der Waals surface area contributed by atoms with Crippen molar-refractivity contribution in [1.82, 2.24) is 9.88 Å². The Hall–Kier alpha value is -2.35. The van der Waals surface area contributed by atoms with E-state index in [2.05, 4.69) is 9.88 Å². The third-order valence-electron chi connectivity index (χ3n) is 3.69. The molecule has 3 rings (SSSR count). The fraction of sp³-hybridized carbons (Fsp3) is 0.167. The molecule has 0 aliphatic carbocycles. The molecule has 0 aliphatic rings. The molecule has 1 heterocycles. The smallest absolute Gasteiger partial charge is 0.240 e. The molecule has 26 heavy (non-hydrogen) atoms. The van der Waals surface area contributed by atoms with E-state index in [9.17, 15) is 8.42 Å². The van der Waals surface area contributed by atoms with E-state index in [4.69, 9.17) is 20.9 Å². The lowest BCUT2D eigenvalue weighted by atomic mass is 10.1. The van der Waals surface area contributed by atoms with Crippen LogP contribution in [0.25, 0.3) is 11.3 Å². The molecule has 0 saturated carbocycles. The summed E-state index contributed by atoms with van der Waals surface area (Å²) in [6.07, 6.45) is 0.396. The van der Waals surface area contributed by atoms with E-state index in [0.717, 1.165) is 11.3 Å². The van der Waals surface area contributed by atoms with E-state index >= 15 is 0 Å². The molecule has 2 aromatic carbocycles. The van der Waals surface area contributed by atoms with E-state index in [1.807, 2.05) is 24.3 Å². The van der Waals surface area contributed by atoms with Gasteiger partial charge in [-0.15, -0.1) is 0 Å². The van der Waals surface area contributed by atoms with Crippen molar-refractivity contribution >= 4 is 21.6 Å². The van der Waals surface area contributed by atoms with Gasteiger partial charge in [-0.05, 0) is 30.3 Å². The van der Waals surface area contributed by atoms with Gasteiger partial charge in [-0.25, -0.2) is 13.1 Å². The number of hydrogen-bond donors (Lipinski definition) is 1. The summed E-state index contributed by atoms with van der Waals surface area (Å²) in [6.45, 7) is 0.193. The number of hydrogen-bond acceptors (Lipinski definition) is 5. The van der Waals surface area contributed by atoms with Gasteiger partial charge >= 0.3 is 0 Å². The first-order valence-electron chi connectivity index (χ1n) is 7.83. The first-order valence-corrected chi connectivity index (χ1v) is 9.69. The van der Waals surface area contributed by atoms with Crippen molar-refractivity contribution in [2.75, 3.05) is 13.7 Å².